The number of amides is 1. The molecule has 0 aliphatic rings. The number of furan rings is 1. The van der Waals surface area contributed by atoms with Gasteiger partial charge in [0.2, 0.25) is 0 Å². The average Bonchev–Trinajstić information content (AvgIpc) is 2.91. The highest BCUT2D eigenvalue weighted by atomic mass is 35.5. The zero-order valence-electron chi connectivity index (χ0n) is 10.1. The van der Waals surface area contributed by atoms with Crippen LogP contribution in [0.5, 0.6) is 0 Å². The first-order valence-corrected chi connectivity index (χ1v) is 5.89. The summed E-state index contributed by atoms with van der Waals surface area (Å²) >= 11 is 5.69. The Labute approximate surface area is 110 Å². The predicted molar refractivity (Wildman–Crippen MR) is 68.5 cm³/mol. The Morgan fingerprint density at radius 1 is 1.44 bits per heavy atom. The molecule has 0 bridgehead atoms. The Kier molecular flexibility index (Phi) is 3.67. The van der Waals surface area contributed by atoms with Crippen LogP contribution in [0.3, 0.4) is 0 Å². The smallest absolute Gasteiger partial charge is 0.255 e. The van der Waals surface area contributed by atoms with Gasteiger partial charge in [0.25, 0.3) is 5.91 Å². The molecular formula is C13H13ClN2O2. The lowest BCUT2D eigenvalue weighted by Crippen LogP contribution is -2.29. The average molecular weight is 265 g/mol. The van der Waals surface area contributed by atoms with Crippen LogP contribution in [0.2, 0.25) is 5.15 Å². The predicted octanol–water partition coefficient (Wildman–Crippen LogP) is 3.16. The molecule has 0 N–H and O–H groups in total. The van der Waals surface area contributed by atoms with Crippen LogP contribution in [-0.2, 0) is 0 Å². The van der Waals surface area contributed by atoms with Gasteiger partial charge in [-0.1, -0.05) is 11.6 Å². The standard InChI is InChI=1S/C13H13ClN2O2/c1-9(11-4-3-7-18-11)16(2)13(17)10-5-6-12(14)15-8-10/h3-9H,1-2H3. The number of hydrogen-bond acceptors (Lipinski definition) is 3. The molecule has 0 spiro atoms. The molecule has 2 aromatic rings. The minimum absolute atomic E-state index is 0.122. The first-order valence-electron chi connectivity index (χ1n) is 5.51. The van der Waals surface area contributed by atoms with Crippen LogP contribution in [-0.4, -0.2) is 22.8 Å². The van der Waals surface area contributed by atoms with Crippen molar-refractivity contribution in [1.29, 1.82) is 0 Å². The van der Waals surface area contributed by atoms with Gasteiger partial charge in [-0.2, -0.15) is 0 Å². The van der Waals surface area contributed by atoms with E-state index in [2.05, 4.69) is 4.98 Å². The lowest BCUT2D eigenvalue weighted by molar-refractivity contribution is 0.0726. The first kappa shape index (κ1) is 12.6. The molecule has 1 amide bonds. The SMILES string of the molecule is CC(c1ccco1)N(C)C(=O)c1ccc(Cl)nc1. The van der Waals surface area contributed by atoms with Gasteiger partial charge in [0, 0.05) is 13.2 Å². The highest BCUT2D eigenvalue weighted by molar-refractivity contribution is 6.29. The number of rotatable bonds is 3. The van der Waals surface area contributed by atoms with Crippen LogP contribution < -0.4 is 0 Å². The maximum atomic E-state index is 12.2. The van der Waals surface area contributed by atoms with Crippen molar-refractivity contribution in [3.63, 3.8) is 0 Å². The Hall–Kier alpha value is -1.81. The van der Waals surface area contributed by atoms with Crippen molar-refractivity contribution in [3.05, 3.63) is 53.2 Å². The number of nitrogens with zero attached hydrogens (tertiary/aromatic N) is 2. The van der Waals surface area contributed by atoms with Crippen molar-refractivity contribution in [2.75, 3.05) is 7.05 Å². The van der Waals surface area contributed by atoms with Crippen LogP contribution in [0.1, 0.15) is 29.1 Å². The van der Waals surface area contributed by atoms with Crippen LogP contribution in [0.25, 0.3) is 0 Å². The highest BCUT2D eigenvalue weighted by Gasteiger charge is 2.20. The van der Waals surface area contributed by atoms with E-state index in [0.29, 0.717) is 10.7 Å². The van der Waals surface area contributed by atoms with Crippen molar-refractivity contribution in [3.8, 4) is 0 Å². The number of carbonyl (C=O) groups is 1. The summed E-state index contributed by atoms with van der Waals surface area (Å²) in [6.45, 7) is 1.90. The molecule has 4 nitrogen and oxygen atoms in total. The van der Waals surface area contributed by atoms with Crippen molar-refractivity contribution in [1.82, 2.24) is 9.88 Å². The summed E-state index contributed by atoms with van der Waals surface area (Å²) in [6, 6.07) is 6.76. The van der Waals surface area contributed by atoms with Gasteiger partial charge in [-0.3, -0.25) is 4.79 Å². The molecule has 0 radical (unpaired) electrons. The molecule has 0 aromatic carbocycles. The van der Waals surface area contributed by atoms with E-state index in [1.165, 1.54) is 6.20 Å². The second-order valence-electron chi connectivity index (χ2n) is 3.98. The number of halogens is 1. The second kappa shape index (κ2) is 5.23. The maximum Gasteiger partial charge on any atom is 0.255 e. The van der Waals surface area contributed by atoms with Crippen LogP contribution >= 0.6 is 11.6 Å². The molecule has 1 unspecified atom stereocenters. The van der Waals surface area contributed by atoms with E-state index < -0.39 is 0 Å². The van der Waals surface area contributed by atoms with E-state index >= 15 is 0 Å². The third-order valence-electron chi connectivity index (χ3n) is 2.83. The summed E-state index contributed by atoms with van der Waals surface area (Å²) in [4.78, 5) is 17.7. The topological polar surface area (TPSA) is 46.3 Å². The molecule has 0 fully saturated rings. The summed E-state index contributed by atoms with van der Waals surface area (Å²) in [5.41, 5.74) is 0.500. The molecule has 0 aliphatic heterocycles. The summed E-state index contributed by atoms with van der Waals surface area (Å²) in [5.74, 6) is 0.621. The largest absolute Gasteiger partial charge is 0.467 e. The number of carbonyl (C=O) groups excluding carboxylic acids is 1. The van der Waals surface area contributed by atoms with E-state index in [9.17, 15) is 4.79 Å². The minimum Gasteiger partial charge on any atom is -0.467 e. The van der Waals surface area contributed by atoms with Crippen molar-refractivity contribution < 1.29 is 9.21 Å². The fourth-order valence-electron chi connectivity index (χ4n) is 1.60. The lowest BCUT2D eigenvalue weighted by atomic mass is 10.2. The Balaban J connectivity index is 2.16. The first-order chi connectivity index (χ1) is 8.59. The van der Waals surface area contributed by atoms with Gasteiger partial charge < -0.3 is 9.32 Å². The van der Waals surface area contributed by atoms with Gasteiger partial charge >= 0.3 is 0 Å². The van der Waals surface area contributed by atoms with Crippen LogP contribution in [0.4, 0.5) is 0 Å². The van der Waals surface area contributed by atoms with Crippen LogP contribution in [0.15, 0.2) is 41.1 Å². The molecule has 1 atom stereocenters. The molecule has 2 heterocycles. The Morgan fingerprint density at radius 2 is 2.22 bits per heavy atom. The number of hydrogen-bond donors (Lipinski definition) is 0. The van der Waals surface area contributed by atoms with Crippen molar-refractivity contribution >= 4 is 17.5 Å². The third kappa shape index (κ3) is 2.54. The normalized spacial score (nSPS) is 12.2. The van der Waals surface area contributed by atoms with Gasteiger partial charge in [0.1, 0.15) is 10.9 Å². The molecule has 94 valence electrons. The molecule has 2 aromatic heterocycles. The van der Waals surface area contributed by atoms with Gasteiger partial charge in [0.05, 0.1) is 17.9 Å². The zero-order chi connectivity index (χ0) is 13.1. The van der Waals surface area contributed by atoms with Crippen molar-refractivity contribution in [2.24, 2.45) is 0 Å². The van der Waals surface area contributed by atoms with Gasteiger partial charge in [-0.25, -0.2) is 4.98 Å². The summed E-state index contributed by atoms with van der Waals surface area (Å²) in [5, 5.41) is 0.369. The second-order valence-corrected chi connectivity index (χ2v) is 4.36. The molecule has 18 heavy (non-hydrogen) atoms. The molecule has 0 saturated carbocycles. The number of aromatic nitrogens is 1. The van der Waals surface area contributed by atoms with E-state index in [0.717, 1.165) is 5.76 Å². The fraction of sp³-hybridized carbons (Fsp3) is 0.231. The van der Waals surface area contributed by atoms with E-state index in [1.54, 1.807) is 36.4 Å². The Morgan fingerprint density at radius 3 is 2.78 bits per heavy atom. The maximum absolute atomic E-state index is 12.2. The highest BCUT2D eigenvalue weighted by Crippen LogP contribution is 2.21. The van der Waals surface area contributed by atoms with Crippen molar-refractivity contribution in [2.45, 2.75) is 13.0 Å². The van der Waals surface area contributed by atoms with E-state index in [4.69, 9.17) is 16.0 Å². The molecule has 5 heteroatoms. The lowest BCUT2D eigenvalue weighted by Gasteiger charge is -2.23. The Bertz CT molecular complexity index is 522. The van der Waals surface area contributed by atoms with Gasteiger partial charge in [-0.05, 0) is 31.2 Å². The van der Waals surface area contributed by atoms with E-state index in [1.807, 2.05) is 13.0 Å². The van der Waals surface area contributed by atoms with Crippen LogP contribution in [0, 0.1) is 0 Å². The summed E-state index contributed by atoms with van der Waals surface area (Å²) < 4.78 is 5.29. The number of pyridine rings is 1. The fourth-order valence-corrected chi connectivity index (χ4v) is 1.71. The van der Waals surface area contributed by atoms with Gasteiger partial charge in [0.15, 0.2) is 0 Å². The zero-order valence-corrected chi connectivity index (χ0v) is 10.9. The van der Waals surface area contributed by atoms with Gasteiger partial charge in [-0.15, -0.1) is 0 Å². The monoisotopic (exact) mass is 264 g/mol. The third-order valence-corrected chi connectivity index (χ3v) is 3.05. The quantitative estimate of drug-likeness (QED) is 0.800. The van der Waals surface area contributed by atoms with E-state index in [-0.39, 0.29) is 11.9 Å². The summed E-state index contributed by atoms with van der Waals surface area (Å²) in [7, 11) is 1.73. The molecule has 2 rings (SSSR count). The molecular weight excluding hydrogens is 252 g/mol. The summed E-state index contributed by atoms with van der Waals surface area (Å²) in [6.07, 6.45) is 3.06. The minimum atomic E-state index is -0.136. The molecule has 0 aliphatic carbocycles. The molecule has 0 saturated heterocycles.